The largest absolute Gasteiger partial charge is 0.459 e. The molecule has 72 heavy (non-hydrogen) atoms. The van der Waals surface area contributed by atoms with Gasteiger partial charge >= 0.3 is 11.9 Å². The quantitative estimate of drug-likeness (QED) is 0.110. The van der Waals surface area contributed by atoms with Gasteiger partial charge < -0.3 is 74.1 Å². The molecular formula is C52H83N5O15. The van der Waals surface area contributed by atoms with Crippen LogP contribution in [0.4, 0.5) is 5.69 Å². The lowest BCUT2D eigenvalue weighted by molar-refractivity contribution is -0.320. The molecule has 3 saturated heterocycles. The van der Waals surface area contributed by atoms with Crippen LogP contribution in [0.15, 0.2) is 36.5 Å². The summed E-state index contributed by atoms with van der Waals surface area (Å²) in [6, 6.07) is 8.21. The minimum atomic E-state index is -2.05. The number of methoxy groups -OCH3 is 2. The number of pyridine rings is 1. The lowest BCUT2D eigenvalue weighted by atomic mass is 9.78. The van der Waals surface area contributed by atoms with E-state index >= 15 is 0 Å². The number of nitrogens with one attached hydrogen (secondary N) is 3. The molecule has 0 saturated carbocycles. The molecule has 1 aromatic carbocycles. The molecule has 5 rings (SSSR count). The van der Waals surface area contributed by atoms with Gasteiger partial charge in [-0.1, -0.05) is 26.8 Å². The smallest absolute Gasteiger partial charge is 0.311 e. The highest BCUT2D eigenvalue weighted by molar-refractivity contribution is 6.01. The highest BCUT2D eigenvalue weighted by Crippen LogP contribution is 2.41. The predicted octanol–water partition coefficient (Wildman–Crippen LogP) is 3.46. The molecule has 0 radical (unpaired) electrons. The molecule has 3 aliphatic rings. The zero-order valence-electron chi connectivity index (χ0n) is 44.7. The normalized spacial score (nSPS) is 38.6. The van der Waals surface area contributed by atoms with E-state index in [-0.39, 0.29) is 56.8 Å². The Balaban J connectivity index is 1.40. The number of hydrogen-bond donors (Lipinski definition) is 6. The van der Waals surface area contributed by atoms with Gasteiger partial charge in [0.1, 0.15) is 23.4 Å². The average Bonchev–Trinajstić information content (AvgIpc) is 3.33. The number of likely N-dealkylation sites (N-methyl/N-ethyl adjacent to an activating group) is 1. The third-order valence-corrected chi connectivity index (χ3v) is 15.1. The van der Waals surface area contributed by atoms with Crippen LogP contribution in [-0.4, -0.2) is 181 Å². The van der Waals surface area contributed by atoms with Crippen LogP contribution < -0.4 is 16.0 Å². The molecule has 3 fully saturated rings. The summed E-state index contributed by atoms with van der Waals surface area (Å²) < 4.78 is 51.2. The van der Waals surface area contributed by atoms with E-state index in [0.717, 1.165) is 10.9 Å². The van der Waals surface area contributed by atoms with E-state index in [2.05, 4.69) is 20.9 Å². The molecule has 20 nitrogen and oxygen atoms in total. The van der Waals surface area contributed by atoms with Crippen LogP contribution in [0, 0.1) is 17.8 Å². The number of anilines is 1. The molecular weight excluding hydrogens is 935 g/mol. The Morgan fingerprint density at radius 2 is 1.60 bits per heavy atom. The molecule has 1 aromatic heterocycles. The van der Waals surface area contributed by atoms with Crippen molar-refractivity contribution in [2.75, 3.05) is 46.7 Å². The van der Waals surface area contributed by atoms with Crippen molar-refractivity contribution < 1.29 is 72.4 Å². The van der Waals surface area contributed by atoms with E-state index in [0.29, 0.717) is 12.1 Å². The molecule has 0 spiro atoms. The summed E-state index contributed by atoms with van der Waals surface area (Å²) in [6.07, 6.45) is -7.96. The molecule has 0 aliphatic carbocycles. The van der Waals surface area contributed by atoms with E-state index in [1.54, 1.807) is 52.9 Å². The average molecular weight is 1020 g/mol. The van der Waals surface area contributed by atoms with Gasteiger partial charge in [-0.2, -0.15) is 0 Å². The number of aliphatic hydroxyl groups excluding tert-OH is 2. The van der Waals surface area contributed by atoms with E-state index in [4.69, 9.17) is 37.9 Å². The Labute approximate surface area is 424 Å². The molecule has 406 valence electrons. The van der Waals surface area contributed by atoms with Gasteiger partial charge in [0.15, 0.2) is 18.7 Å². The van der Waals surface area contributed by atoms with Crippen molar-refractivity contribution in [2.45, 2.75) is 192 Å². The summed E-state index contributed by atoms with van der Waals surface area (Å²) >= 11 is 0. The van der Waals surface area contributed by atoms with E-state index in [1.807, 2.05) is 58.0 Å². The fourth-order valence-electron chi connectivity index (χ4n) is 10.7. The van der Waals surface area contributed by atoms with Gasteiger partial charge in [-0.15, -0.1) is 0 Å². The van der Waals surface area contributed by atoms with Crippen molar-refractivity contribution in [3.63, 3.8) is 0 Å². The third-order valence-electron chi connectivity index (χ3n) is 15.1. The Bertz CT molecular complexity index is 2130. The number of fused-ring (bicyclic) bond motifs is 1. The van der Waals surface area contributed by atoms with Crippen molar-refractivity contribution in [2.24, 2.45) is 17.8 Å². The van der Waals surface area contributed by atoms with Crippen molar-refractivity contribution in [1.29, 1.82) is 0 Å². The Morgan fingerprint density at radius 1 is 0.917 bits per heavy atom. The zero-order chi connectivity index (χ0) is 53.5. The Kier molecular flexibility index (Phi) is 20.5. The summed E-state index contributed by atoms with van der Waals surface area (Å²) in [5, 5.41) is 44.7. The number of esters is 2. The van der Waals surface area contributed by atoms with Gasteiger partial charge in [-0.25, -0.2) is 0 Å². The number of aromatic nitrogens is 1. The molecule has 2 aromatic rings. The number of carbonyl (C=O) groups is 4. The minimum Gasteiger partial charge on any atom is -0.459 e. The van der Waals surface area contributed by atoms with E-state index in [1.165, 1.54) is 28.1 Å². The number of nitrogens with zero attached hydrogens (tertiary/aromatic N) is 2. The van der Waals surface area contributed by atoms with Crippen LogP contribution in [-0.2, 0) is 57.1 Å². The van der Waals surface area contributed by atoms with Crippen molar-refractivity contribution in [1.82, 2.24) is 20.5 Å². The second kappa shape index (κ2) is 25.1. The Hall–Kier alpha value is -3.93. The monoisotopic (exact) mass is 1020 g/mol. The van der Waals surface area contributed by atoms with Gasteiger partial charge in [0.05, 0.1) is 72.1 Å². The fourth-order valence-corrected chi connectivity index (χ4v) is 10.7. The lowest BCUT2D eigenvalue weighted by Crippen LogP contribution is -2.61. The molecule has 4 heterocycles. The highest BCUT2D eigenvalue weighted by Gasteiger charge is 2.54. The summed E-state index contributed by atoms with van der Waals surface area (Å²) in [5.74, 6) is -5.20. The first-order valence-electron chi connectivity index (χ1n) is 25.3. The van der Waals surface area contributed by atoms with E-state index in [9.17, 15) is 34.5 Å². The predicted molar refractivity (Wildman–Crippen MR) is 266 cm³/mol. The molecule has 3 aliphatic heterocycles. The fraction of sp³-hybridized carbons (Fsp3) is 0.750. The number of amides is 2. The summed E-state index contributed by atoms with van der Waals surface area (Å²) in [7, 11) is 6.74. The summed E-state index contributed by atoms with van der Waals surface area (Å²) in [6.45, 7) is 17.1. The second-order valence-corrected chi connectivity index (χ2v) is 21.1. The van der Waals surface area contributed by atoms with Crippen LogP contribution >= 0.6 is 0 Å². The molecule has 18 atom stereocenters. The molecule has 6 N–H and O–H groups in total. The maximum Gasteiger partial charge on any atom is 0.311 e. The second-order valence-electron chi connectivity index (χ2n) is 21.1. The molecule has 0 bridgehead atoms. The van der Waals surface area contributed by atoms with Gasteiger partial charge in [0.2, 0.25) is 11.8 Å². The minimum absolute atomic E-state index is 0.0257. The molecule has 20 heteroatoms. The van der Waals surface area contributed by atoms with Gasteiger partial charge in [0.25, 0.3) is 0 Å². The van der Waals surface area contributed by atoms with Gasteiger partial charge in [-0.3, -0.25) is 24.2 Å². The first kappa shape index (κ1) is 59.0. The first-order chi connectivity index (χ1) is 33.8. The summed E-state index contributed by atoms with van der Waals surface area (Å²) in [4.78, 5) is 60.8. The van der Waals surface area contributed by atoms with Crippen molar-refractivity contribution >= 4 is 40.3 Å². The standard InChI is InChI=1S/C52H83N5O15/c1-15-38-52(10,64)44(61)32(6)47(62)55-28(2)25-50(8,65-13)45(72-49-42(60)37(57(11)12)24-29(3)67-49)30(4)43(31(5)48(63)69-38)71-41-26-51(9,66-14)46(33(7)68-41)70-40(59)21-23-53-27-39(58)56-36-20-16-19-35-34(36)18-17-22-54-35/h16-20,22,28-33,37-38,41-46,49,53,60-61,64H,15,21,23-27H2,1-14H3,(H,55,62)(H,56,58)/t28-,29-,30+,31-,32-,33+,37+,38-,41+,42-,43+,44-,45-,46+,49+,50-,51-,52-/m1/s1. The number of rotatable bonds is 15. The number of aliphatic hydroxyl groups is 3. The van der Waals surface area contributed by atoms with Gasteiger partial charge in [0, 0.05) is 56.8 Å². The highest BCUT2D eigenvalue weighted by atomic mass is 16.7. The maximum atomic E-state index is 14.6. The Morgan fingerprint density at radius 3 is 2.25 bits per heavy atom. The summed E-state index contributed by atoms with van der Waals surface area (Å²) in [5.41, 5.74) is -3.13. The number of benzene rings is 1. The third kappa shape index (κ3) is 13.9. The van der Waals surface area contributed by atoms with Crippen LogP contribution in [0.2, 0.25) is 0 Å². The maximum absolute atomic E-state index is 14.6. The number of ether oxygens (including phenoxy) is 8. The van der Waals surface area contributed by atoms with Crippen molar-refractivity contribution in [3.8, 4) is 0 Å². The van der Waals surface area contributed by atoms with Crippen molar-refractivity contribution in [3.05, 3.63) is 36.5 Å². The lowest BCUT2D eigenvalue weighted by Gasteiger charge is -2.50. The van der Waals surface area contributed by atoms with Crippen LogP contribution in [0.5, 0.6) is 0 Å². The molecule has 0 unspecified atom stereocenters. The molecule has 2 amide bonds. The van der Waals surface area contributed by atoms with Gasteiger partial charge in [-0.05, 0) is 106 Å². The van der Waals surface area contributed by atoms with Crippen LogP contribution in [0.1, 0.15) is 101 Å². The van der Waals surface area contributed by atoms with E-state index < -0.39 is 114 Å². The topological polar surface area (TPSA) is 255 Å². The number of carbonyl (C=O) groups excluding carboxylic acids is 4. The van der Waals surface area contributed by atoms with Crippen LogP contribution in [0.3, 0.4) is 0 Å². The number of cyclic esters (lactones) is 1. The van der Waals surface area contributed by atoms with Crippen LogP contribution in [0.25, 0.3) is 10.9 Å². The first-order valence-corrected chi connectivity index (χ1v) is 25.3. The zero-order valence-corrected chi connectivity index (χ0v) is 44.7. The SMILES string of the molecule is CC[C@H]1OC(=O)[C@H](C)[C@@H](O[C@H]2C[C@@](C)(OC)[C@@H](OC(=O)CCNCC(=O)Nc3cccc4ncccc34)[C@H](C)O2)[C@H](C)[C@@H](O[C@@H]2O[C@H](C)C[C@H](N(C)C)[C@H]2O)[C@](C)(OC)C[C@@H](C)NC(=O)[C@H](C)[C@@H](O)[C@]1(C)O. The number of hydrogen-bond acceptors (Lipinski definition) is 18.